The third-order valence-corrected chi connectivity index (χ3v) is 5.02. The lowest BCUT2D eigenvalue weighted by molar-refractivity contribution is 0.540. The third kappa shape index (κ3) is 4.32. The van der Waals surface area contributed by atoms with Crippen molar-refractivity contribution >= 4 is 27.5 Å². The van der Waals surface area contributed by atoms with Crippen molar-refractivity contribution in [2.24, 2.45) is 0 Å². The van der Waals surface area contributed by atoms with Gasteiger partial charge in [0.25, 0.3) is 0 Å². The molecular formula is C11H16F2N2O2S2. The lowest BCUT2D eigenvalue weighted by atomic mass is 10.3. The van der Waals surface area contributed by atoms with Crippen molar-refractivity contribution in [3.05, 3.63) is 23.8 Å². The Morgan fingerprint density at radius 1 is 1.37 bits per heavy atom. The first-order valence-corrected chi connectivity index (χ1v) is 8.26. The van der Waals surface area contributed by atoms with E-state index in [2.05, 4.69) is 4.72 Å². The molecule has 4 nitrogen and oxygen atoms in total. The Morgan fingerprint density at radius 2 is 2.00 bits per heavy atom. The average Bonchev–Trinajstić information content (AvgIpc) is 2.30. The van der Waals surface area contributed by atoms with Gasteiger partial charge in [-0.15, -0.1) is 0 Å². The summed E-state index contributed by atoms with van der Waals surface area (Å²) in [7, 11) is -4.04. The first kappa shape index (κ1) is 16.2. The van der Waals surface area contributed by atoms with E-state index in [9.17, 15) is 17.2 Å². The zero-order valence-corrected chi connectivity index (χ0v) is 12.2. The minimum atomic E-state index is -4.04. The predicted molar refractivity (Wildman–Crippen MR) is 73.6 cm³/mol. The van der Waals surface area contributed by atoms with Gasteiger partial charge in [-0.25, -0.2) is 21.9 Å². The number of thioether (sulfide) groups is 1. The fraction of sp³-hybridized carbons (Fsp3) is 0.455. The Kier molecular flexibility index (Phi) is 5.57. The van der Waals surface area contributed by atoms with Gasteiger partial charge < -0.3 is 5.73 Å². The Bertz CT molecular complexity index is 550. The highest BCUT2D eigenvalue weighted by Gasteiger charge is 2.23. The van der Waals surface area contributed by atoms with Gasteiger partial charge >= 0.3 is 0 Å². The van der Waals surface area contributed by atoms with Crippen LogP contribution >= 0.6 is 11.8 Å². The molecule has 1 atom stereocenters. The van der Waals surface area contributed by atoms with Crippen LogP contribution in [-0.2, 0) is 10.0 Å². The van der Waals surface area contributed by atoms with Crippen molar-refractivity contribution in [2.75, 3.05) is 17.2 Å². The molecule has 0 fully saturated rings. The van der Waals surface area contributed by atoms with Crippen molar-refractivity contribution in [1.82, 2.24) is 4.72 Å². The first-order chi connectivity index (χ1) is 8.77. The second-order valence-electron chi connectivity index (χ2n) is 3.99. The van der Waals surface area contributed by atoms with Gasteiger partial charge in [-0.1, -0.05) is 6.92 Å². The minimum Gasteiger partial charge on any atom is -0.396 e. The van der Waals surface area contributed by atoms with E-state index in [-0.39, 0.29) is 6.04 Å². The molecule has 1 unspecified atom stereocenters. The van der Waals surface area contributed by atoms with Crippen LogP contribution < -0.4 is 10.5 Å². The number of sulfonamides is 1. The summed E-state index contributed by atoms with van der Waals surface area (Å²) in [4.78, 5) is -0.639. The molecule has 19 heavy (non-hydrogen) atoms. The predicted octanol–water partition coefficient (Wildman–Crippen LogP) is 1.97. The number of rotatable bonds is 6. The van der Waals surface area contributed by atoms with Crippen LogP contribution in [0.2, 0.25) is 0 Å². The molecule has 0 heterocycles. The Hall–Kier alpha value is -0.860. The number of nitrogen functional groups attached to an aromatic ring is 1. The smallest absolute Gasteiger partial charge is 0.243 e. The molecule has 0 amide bonds. The Labute approximate surface area is 115 Å². The van der Waals surface area contributed by atoms with Gasteiger partial charge in [-0.2, -0.15) is 11.8 Å². The third-order valence-electron chi connectivity index (χ3n) is 2.27. The monoisotopic (exact) mass is 310 g/mol. The van der Waals surface area contributed by atoms with Crippen LogP contribution in [0.1, 0.15) is 13.8 Å². The average molecular weight is 310 g/mol. The second-order valence-corrected chi connectivity index (χ2v) is 6.99. The summed E-state index contributed by atoms with van der Waals surface area (Å²) in [5.41, 5.74) is 4.85. The van der Waals surface area contributed by atoms with Crippen molar-refractivity contribution in [1.29, 1.82) is 0 Å². The van der Waals surface area contributed by atoms with Crippen molar-refractivity contribution in [3.63, 3.8) is 0 Å². The van der Waals surface area contributed by atoms with E-state index in [1.807, 2.05) is 6.92 Å². The maximum absolute atomic E-state index is 13.5. The summed E-state index contributed by atoms with van der Waals surface area (Å²) < 4.78 is 52.7. The number of hydrogen-bond acceptors (Lipinski definition) is 4. The van der Waals surface area contributed by atoms with Crippen molar-refractivity contribution < 1.29 is 17.2 Å². The molecule has 0 aliphatic carbocycles. The molecule has 0 saturated carbocycles. The van der Waals surface area contributed by atoms with Crippen LogP contribution in [0, 0.1) is 11.6 Å². The summed E-state index contributed by atoms with van der Waals surface area (Å²) >= 11 is 1.56. The number of nitrogens with one attached hydrogen (secondary N) is 1. The highest BCUT2D eigenvalue weighted by atomic mass is 32.2. The van der Waals surface area contributed by atoms with Gasteiger partial charge in [0.1, 0.15) is 16.5 Å². The fourth-order valence-corrected chi connectivity index (χ4v) is 3.52. The number of benzene rings is 1. The molecule has 1 rings (SSSR count). The zero-order valence-electron chi connectivity index (χ0n) is 10.6. The molecule has 0 saturated heterocycles. The van der Waals surface area contributed by atoms with E-state index < -0.39 is 32.2 Å². The molecule has 1 aromatic rings. The molecule has 0 aromatic heterocycles. The van der Waals surface area contributed by atoms with Gasteiger partial charge in [0.15, 0.2) is 0 Å². The lowest BCUT2D eigenvalue weighted by Gasteiger charge is -2.14. The summed E-state index contributed by atoms with van der Waals surface area (Å²) in [6.07, 6.45) is 0. The molecule has 0 bridgehead atoms. The van der Waals surface area contributed by atoms with Gasteiger partial charge in [0.05, 0.1) is 5.69 Å². The van der Waals surface area contributed by atoms with Gasteiger partial charge in [0, 0.05) is 17.9 Å². The molecule has 3 N–H and O–H groups in total. The molecule has 0 aliphatic rings. The minimum absolute atomic E-state index is 0.361. The summed E-state index contributed by atoms with van der Waals surface area (Å²) in [5.74, 6) is -0.724. The fourth-order valence-electron chi connectivity index (χ4n) is 1.41. The largest absolute Gasteiger partial charge is 0.396 e. The van der Waals surface area contributed by atoms with Gasteiger partial charge in [0.2, 0.25) is 10.0 Å². The zero-order chi connectivity index (χ0) is 14.6. The van der Waals surface area contributed by atoms with E-state index in [1.165, 1.54) is 0 Å². The molecule has 108 valence electrons. The van der Waals surface area contributed by atoms with Crippen LogP contribution in [0.15, 0.2) is 17.0 Å². The number of anilines is 1. The maximum atomic E-state index is 13.5. The van der Waals surface area contributed by atoms with Crippen LogP contribution in [-0.4, -0.2) is 26.0 Å². The molecule has 8 heteroatoms. The van der Waals surface area contributed by atoms with Crippen LogP contribution in [0.3, 0.4) is 0 Å². The van der Waals surface area contributed by atoms with Crippen molar-refractivity contribution in [2.45, 2.75) is 24.8 Å². The molecule has 0 radical (unpaired) electrons. The molecule has 1 aromatic carbocycles. The standard InChI is InChI=1S/C11H16F2N2O2S2/c1-3-18-6-7(2)15-19(16,17)11-5-10(14)8(12)4-9(11)13/h4-5,7,15H,3,6,14H2,1-2H3. The Balaban J connectivity index is 2.98. The second kappa shape index (κ2) is 6.53. The van der Waals surface area contributed by atoms with Gasteiger partial charge in [-0.3, -0.25) is 0 Å². The number of nitrogens with two attached hydrogens (primary N) is 1. The molecule has 0 spiro atoms. The SMILES string of the molecule is CCSCC(C)NS(=O)(=O)c1cc(N)c(F)cc1F. The van der Waals surface area contributed by atoms with E-state index in [4.69, 9.17) is 5.73 Å². The summed E-state index contributed by atoms with van der Waals surface area (Å²) in [6, 6.07) is 0.891. The molecular weight excluding hydrogens is 294 g/mol. The quantitative estimate of drug-likeness (QED) is 0.788. The highest BCUT2D eigenvalue weighted by molar-refractivity contribution is 7.99. The number of halogens is 2. The van der Waals surface area contributed by atoms with Gasteiger partial charge in [-0.05, 0) is 18.7 Å². The maximum Gasteiger partial charge on any atom is 0.243 e. The van der Waals surface area contributed by atoms with Crippen LogP contribution in [0.4, 0.5) is 14.5 Å². The first-order valence-electron chi connectivity index (χ1n) is 5.62. The number of hydrogen-bond donors (Lipinski definition) is 2. The van der Waals surface area contributed by atoms with E-state index >= 15 is 0 Å². The lowest BCUT2D eigenvalue weighted by Crippen LogP contribution is -2.34. The highest BCUT2D eigenvalue weighted by Crippen LogP contribution is 2.21. The topological polar surface area (TPSA) is 72.2 Å². The van der Waals surface area contributed by atoms with Crippen molar-refractivity contribution in [3.8, 4) is 0 Å². The van der Waals surface area contributed by atoms with E-state index in [1.54, 1.807) is 18.7 Å². The van der Waals surface area contributed by atoms with E-state index in [0.717, 1.165) is 11.8 Å². The van der Waals surface area contributed by atoms with Crippen LogP contribution in [0.5, 0.6) is 0 Å². The van der Waals surface area contributed by atoms with Crippen LogP contribution in [0.25, 0.3) is 0 Å². The summed E-state index contributed by atoms with van der Waals surface area (Å²) in [5, 5.41) is 0. The Morgan fingerprint density at radius 3 is 2.58 bits per heavy atom. The molecule has 0 aliphatic heterocycles. The summed E-state index contributed by atoms with van der Waals surface area (Å²) in [6.45, 7) is 3.62. The van der Waals surface area contributed by atoms with E-state index in [0.29, 0.717) is 11.8 Å². The normalized spacial score (nSPS) is 13.5.